The molecule has 0 atom stereocenters. The van der Waals surface area contributed by atoms with E-state index in [0.29, 0.717) is 6.54 Å². The molecule has 0 saturated heterocycles. The highest BCUT2D eigenvalue weighted by atomic mass is 19.4. The fraction of sp³-hybridized carbons (Fsp3) is 0.158. The number of rotatable bonds is 6. The zero-order valence-corrected chi connectivity index (χ0v) is 15.2. The highest BCUT2D eigenvalue weighted by Gasteiger charge is 2.30. The van der Waals surface area contributed by atoms with Gasteiger partial charge in [0.15, 0.2) is 0 Å². The molecule has 0 unspecified atom stereocenters. The summed E-state index contributed by atoms with van der Waals surface area (Å²) in [5.41, 5.74) is -0.0222. The topological polar surface area (TPSA) is 84.2 Å². The Morgan fingerprint density at radius 2 is 1.72 bits per heavy atom. The molecule has 0 aliphatic rings. The van der Waals surface area contributed by atoms with Gasteiger partial charge in [-0.2, -0.15) is 13.2 Å². The van der Waals surface area contributed by atoms with Gasteiger partial charge in [-0.15, -0.1) is 0 Å². The van der Waals surface area contributed by atoms with Crippen LogP contribution in [0.15, 0.2) is 60.9 Å². The minimum atomic E-state index is -4.47. The van der Waals surface area contributed by atoms with Crippen molar-refractivity contribution < 1.29 is 18.1 Å². The predicted molar refractivity (Wildman–Crippen MR) is 102 cm³/mol. The van der Waals surface area contributed by atoms with Crippen LogP contribution in [0.1, 0.15) is 11.1 Å². The highest BCUT2D eigenvalue weighted by molar-refractivity contribution is 5.74. The average molecular weight is 403 g/mol. The first kappa shape index (κ1) is 20.1. The van der Waals surface area contributed by atoms with Gasteiger partial charge in [0.25, 0.3) is 0 Å². The summed E-state index contributed by atoms with van der Waals surface area (Å²) in [5, 5.41) is 14.4. The van der Waals surface area contributed by atoms with Crippen LogP contribution in [0.2, 0.25) is 0 Å². The number of halogens is 3. The van der Waals surface area contributed by atoms with E-state index in [1.165, 1.54) is 12.1 Å². The van der Waals surface area contributed by atoms with Gasteiger partial charge < -0.3 is 10.2 Å². The predicted octanol–water partition coefficient (Wildman–Crippen LogP) is 4.78. The van der Waals surface area contributed by atoms with Gasteiger partial charge in [-0.3, -0.25) is 10.1 Å². The van der Waals surface area contributed by atoms with E-state index in [-0.39, 0.29) is 23.0 Å². The normalized spacial score (nSPS) is 11.2. The lowest BCUT2D eigenvalue weighted by atomic mass is 10.2. The highest BCUT2D eigenvalue weighted by Crippen LogP contribution is 2.35. The molecular weight excluding hydrogens is 387 g/mol. The van der Waals surface area contributed by atoms with E-state index >= 15 is 0 Å². The molecule has 0 fully saturated rings. The SMILES string of the molecule is CN(Cc1ccccc1)c1ncnc(Nc2ccc(C(F)(F)F)cc2)c1[N+](=O)[O-]. The second kappa shape index (κ2) is 8.13. The molecule has 2 aromatic carbocycles. The van der Waals surface area contributed by atoms with Gasteiger partial charge in [0.05, 0.1) is 10.5 Å². The molecule has 0 spiro atoms. The number of nitrogens with zero attached hydrogens (tertiary/aromatic N) is 4. The van der Waals surface area contributed by atoms with Crippen LogP contribution in [0.5, 0.6) is 0 Å². The standard InChI is InChI=1S/C19H16F3N5O2/c1-26(11-13-5-3-2-4-6-13)18-16(27(28)29)17(23-12-24-18)25-15-9-7-14(8-10-15)19(20,21)22/h2-10,12H,11H2,1H3,(H,23,24,25). The number of aromatic nitrogens is 2. The van der Waals surface area contributed by atoms with Crippen molar-refractivity contribution in [1.29, 1.82) is 0 Å². The van der Waals surface area contributed by atoms with Crippen molar-refractivity contribution in [3.05, 3.63) is 82.2 Å². The summed E-state index contributed by atoms with van der Waals surface area (Å²) in [5.74, 6) is -0.0251. The first-order valence-corrected chi connectivity index (χ1v) is 8.44. The third kappa shape index (κ3) is 4.78. The molecule has 1 N–H and O–H groups in total. The Hall–Kier alpha value is -3.69. The smallest absolute Gasteiger partial charge is 0.349 e. The van der Waals surface area contributed by atoms with Gasteiger partial charge in [-0.25, -0.2) is 9.97 Å². The quantitative estimate of drug-likeness (QED) is 0.471. The maximum Gasteiger partial charge on any atom is 0.416 e. The first-order valence-electron chi connectivity index (χ1n) is 8.44. The van der Waals surface area contributed by atoms with E-state index in [4.69, 9.17) is 0 Å². The summed E-state index contributed by atoms with van der Waals surface area (Å²) >= 11 is 0. The fourth-order valence-electron chi connectivity index (χ4n) is 2.72. The summed E-state index contributed by atoms with van der Waals surface area (Å²) in [6.45, 7) is 0.373. The van der Waals surface area contributed by atoms with E-state index in [0.717, 1.165) is 24.0 Å². The number of hydrogen-bond acceptors (Lipinski definition) is 6. The minimum absolute atomic E-state index is 0.0864. The molecular formula is C19H16F3N5O2. The summed E-state index contributed by atoms with van der Waals surface area (Å²) in [4.78, 5) is 20.6. The van der Waals surface area contributed by atoms with Gasteiger partial charge in [-0.1, -0.05) is 30.3 Å². The van der Waals surface area contributed by atoms with E-state index in [1.807, 2.05) is 30.3 Å². The Bertz CT molecular complexity index is 995. The van der Waals surface area contributed by atoms with Crippen molar-refractivity contribution in [3.63, 3.8) is 0 Å². The summed E-state index contributed by atoms with van der Waals surface area (Å²) in [7, 11) is 1.66. The fourth-order valence-corrected chi connectivity index (χ4v) is 2.72. The van der Waals surface area contributed by atoms with Crippen molar-refractivity contribution >= 4 is 23.0 Å². The Labute approximate surface area is 164 Å². The molecule has 1 aromatic heterocycles. The van der Waals surface area contributed by atoms with Crippen LogP contribution in [-0.2, 0) is 12.7 Å². The molecule has 0 aliphatic carbocycles. The maximum absolute atomic E-state index is 12.7. The molecule has 29 heavy (non-hydrogen) atoms. The maximum atomic E-state index is 12.7. The number of anilines is 3. The number of alkyl halides is 3. The van der Waals surface area contributed by atoms with E-state index in [2.05, 4.69) is 15.3 Å². The van der Waals surface area contributed by atoms with Gasteiger partial charge in [0.2, 0.25) is 11.6 Å². The summed E-state index contributed by atoms with van der Waals surface area (Å²) in [6.07, 6.45) is -3.30. The number of nitrogens with one attached hydrogen (secondary N) is 1. The monoisotopic (exact) mass is 403 g/mol. The van der Waals surface area contributed by atoms with Crippen LogP contribution in [0, 0.1) is 10.1 Å². The summed E-state index contributed by atoms with van der Waals surface area (Å²) in [6, 6.07) is 13.5. The molecule has 3 aromatic rings. The van der Waals surface area contributed by atoms with E-state index < -0.39 is 16.7 Å². The minimum Gasteiger partial charge on any atom is -0.349 e. The zero-order chi connectivity index (χ0) is 21.0. The molecule has 10 heteroatoms. The number of hydrogen-bond donors (Lipinski definition) is 1. The summed E-state index contributed by atoms with van der Waals surface area (Å²) < 4.78 is 38.1. The molecule has 0 saturated carbocycles. The Kier molecular flexibility index (Phi) is 5.62. The van der Waals surface area contributed by atoms with Gasteiger partial charge in [-0.05, 0) is 29.8 Å². The molecule has 0 aliphatic heterocycles. The second-order valence-electron chi connectivity index (χ2n) is 6.19. The van der Waals surface area contributed by atoms with E-state index in [1.54, 1.807) is 11.9 Å². The second-order valence-corrected chi connectivity index (χ2v) is 6.19. The van der Waals surface area contributed by atoms with Crippen molar-refractivity contribution in [2.75, 3.05) is 17.3 Å². The van der Waals surface area contributed by atoms with Gasteiger partial charge >= 0.3 is 11.9 Å². The molecule has 3 rings (SSSR count). The lowest BCUT2D eigenvalue weighted by molar-refractivity contribution is -0.383. The van der Waals surface area contributed by atoms with Gasteiger partial charge in [0.1, 0.15) is 6.33 Å². The van der Waals surface area contributed by atoms with Crippen molar-refractivity contribution in [2.24, 2.45) is 0 Å². The molecule has 150 valence electrons. The van der Waals surface area contributed by atoms with Crippen molar-refractivity contribution in [2.45, 2.75) is 12.7 Å². The molecule has 0 radical (unpaired) electrons. The van der Waals surface area contributed by atoms with E-state index in [9.17, 15) is 23.3 Å². The lowest BCUT2D eigenvalue weighted by Gasteiger charge is -2.19. The molecule has 0 bridgehead atoms. The van der Waals surface area contributed by atoms with Crippen molar-refractivity contribution in [3.8, 4) is 0 Å². The Morgan fingerprint density at radius 1 is 1.07 bits per heavy atom. The molecule has 0 amide bonds. The first-order chi connectivity index (χ1) is 13.8. The largest absolute Gasteiger partial charge is 0.416 e. The van der Waals surface area contributed by atoms with Crippen LogP contribution in [0.25, 0.3) is 0 Å². The van der Waals surface area contributed by atoms with Gasteiger partial charge in [0, 0.05) is 19.3 Å². The van der Waals surface area contributed by atoms with Crippen LogP contribution < -0.4 is 10.2 Å². The molecule has 1 heterocycles. The average Bonchev–Trinajstić information content (AvgIpc) is 2.68. The number of nitro groups is 1. The van der Waals surface area contributed by atoms with Crippen LogP contribution in [-0.4, -0.2) is 21.9 Å². The van der Waals surface area contributed by atoms with Crippen LogP contribution in [0.3, 0.4) is 0 Å². The third-order valence-corrected chi connectivity index (χ3v) is 4.08. The Morgan fingerprint density at radius 3 is 2.31 bits per heavy atom. The lowest BCUT2D eigenvalue weighted by Crippen LogP contribution is -2.20. The Balaban J connectivity index is 1.90. The third-order valence-electron chi connectivity index (χ3n) is 4.08. The molecule has 7 nitrogen and oxygen atoms in total. The number of benzene rings is 2. The van der Waals surface area contributed by atoms with Crippen molar-refractivity contribution in [1.82, 2.24) is 9.97 Å². The van der Waals surface area contributed by atoms with Crippen LogP contribution in [0.4, 0.5) is 36.2 Å². The zero-order valence-electron chi connectivity index (χ0n) is 15.2. The van der Waals surface area contributed by atoms with Crippen LogP contribution >= 0.6 is 0 Å².